The zero-order chi connectivity index (χ0) is 15.0. The van der Waals surface area contributed by atoms with Crippen LogP contribution in [0.2, 0.25) is 0 Å². The van der Waals surface area contributed by atoms with Crippen LogP contribution in [0, 0.1) is 0 Å². The first-order chi connectivity index (χ1) is 10.1. The molecule has 3 rings (SSSR count). The summed E-state index contributed by atoms with van der Waals surface area (Å²) in [6, 6.07) is 7.65. The SMILES string of the molecule is C[C@@H]1CCC[C@@H](C)N1C(=O)Cn1c(=O)oc2ccccc21. The van der Waals surface area contributed by atoms with Crippen LogP contribution in [-0.4, -0.2) is 27.5 Å². The molecule has 1 aliphatic heterocycles. The van der Waals surface area contributed by atoms with Gasteiger partial charge in [-0.25, -0.2) is 4.79 Å². The van der Waals surface area contributed by atoms with Crippen molar-refractivity contribution in [3.05, 3.63) is 34.8 Å². The summed E-state index contributed by atoms with van der Waals surface area (Å²) < 4.78 is 6.60. The highest BCUT2D eigenvalue weighted by Gasteiger charge is 2.29. The van der Waals surface area contributed by atoms with Gasteiger partial charge >= 0.3 is 5.76 Å². The Morgan fingerprint density at radius 2 is 1.90 bits per heavy atom. The maximum absolute atomic E-state index is 12.6. The number of hydrogen-bond donors (Lipinski definition) is 0. The lowest BCUT2D eigenvalue weighted by Gasteiger charge is -2.39. The molecule has 1 aromatic heterocycles. The minimum Gasteiger partial charge on any atom is -0.408 e. The molecule has 0 spiro atoms. The van der Waals surface area contributed by atoms with Crippen LogP contribution in [-0.2, 0) is 11.3 Å². The van der Waals surface area contributed by atoms with Crippen LogP contribution in [0.3, 0.4) is 0 Å². The van der Waals surface area contributed by atoms with Crippen molar-refractivity contribution in [2.24, 2.45) is 0 Å². The van der Waals surface area contributed by atoms with E-state index in [0.717, 1.165) is 19.3 Å². The van der Waals surface area contributed by atoms with Crippen molar-refractivity contribution < 1.29 is 9.21 Å². The Morgan fingerprint density at radius 3 is 2.62 bits per heavy atom. The van der Waals surface area contributed by atoms with Crippen LogP contribution in [0.25, 0.3) is 11.1 Å². The number of amides is 1. The molecule has 0 bridgehead atoms. The Labute approximate surface area is 123 Å². The molecule has 0 aliphatic carbocycles. The smallest absolute Gasteiger partial charge is 0.408 e. The first kappa shape index (κ1) is 13.9. The van der Waals surface area contributed by atoms with Crippen LogP contribution in [0.15, 0.2) is 33.5 Å². The number of piperidine rings is 1. The summed E-state index contributed by atoms with van der Waals surface area (Å²) in [5, 5.41) is 0. The molecule has 1 aliphatic rings. The minimum atomic E-state index is -0.470. The van der Waals surface area contributed by atoms with Crippen molar-refractivity contribution in [3.63, 3.8) is 0 Å². The van der Waals surface area contributed by atoms with Gasteiger partial charge in [-0.05, 0) is 45.2 Å². The van der Waals surface area contributed by atoms with E-state index in [9.17, 15) is 9.59 Å². The summed E-state index contributed by atoms with van der Waals surface area (Å²) in [6.07, 6.45) is 3.20. The van der Waals surface area contributed by atoms with E-state index < -0.39 is 5.76 Å². The van der Waals surface area contributed by atoms with Gasteiger partial charge in [0.1, 0.15) is 6.54 Å². The summed E-state index contributed by atoms with van der Waals surface area (Å²) in [4.78, 5) is 26.5. The highest BCUT2D eigenvalue weighted by atomic mass is 16.4. The lowest BCUT2D eigenvalue weighted by atomic mass is 9.97. The topological polar surface area (TPSA) is 55.5 Å². The Kier molecular flexibility index (Phi) is 3.57. The van der Waals surface area contributed by atoms with Gasteiger partial charge in [-0.1, -0.05) is 12.1 Å². The minimum absolute atomic E-state index is 0.0108. The van der Waals surface area contributed by atoms with E-state index in [1.807, 2.05) is 17.0 Å². The zero-order valence-corrected chi connectivity index (χ0v) is 12.4. The number of nitrogens with zero attached hydrogens (tertiary/aromatic N) is 2. The highest BCUT2D eigenvalue weighted by molar-refractivity contribution is 5.80. The van der Waals surface area contributed by atoms with E-state index in [1.165, 1.54) is 4.57 Å². The average Bonchev–Trinajstić information content (AvgIpc) is 2.75. The van der Waals surface area contributed by atoms with E-state index in [-0.39, 0.29) is 24.5 Å². The lowest BCUT2D eigenvalue weighted by molar-refractivity contribution is -0.137. The standard InChI is InChI=1S/C16H20N2O3/c1-11-6-5-7-12(2)18(11)15(19)10-17-13-8-3-4-9-14(13)21-16(17)20/h3-4,8-9,11-12H,5-7,10H2,1-2H3/t11-,12-/m1/s1. The number of aromatic nitrogens is 1. The number of fused-ring (bicyclic) bond motifs is 1. The second kappa shape index (κ2) is 5.39. The van der Waals surface area contributed by atoms with Crippen molar-refractivity contribution in [2.45, 2.75) is 51.7 Å². The normalized spacial score (nSPS) is 22.7. The fraction of sp³-hybridized carbons (Fsp3) is 0.500. The number of carbonyl (C=O) groups is 1. The molecular formula is C16H20N2O3. The van der Waals surface area contributed by atoms with Crippen molar-refractivity contribution in [2.75, 3.05) is 0 Å². The number of carbonyl (C=O) groups excluding carboxylic acids is 1. The van der Waals surface area contributed by atoms with Gasteiger partial charge < -0.3 is 9.32 Å². The molecule has 0 unspecified atom stereocenters. The van der Waals surface area contributed by atoms with Gasteiger partial charge in [0.05, 0.1) is 5.52 Å². The van der Waals surface area contributed by atoms with Gasteiger partial charge in [0.2, 0.25) is 5.91 Å². The van der Waals surface area contributed by atoms with Crippen LogP contribution in [0.1, 0.15) is 33.1 Å². The molecule has 0 N–H and O–H groups in total. The molecule has 1 aromatic carbocycles. The largest absolute Gasteiger partial charge is 0.420 e. The number of oxazole rings is 1. The fourth-order valence-corrected chi connectivity index (χ4v) is 3.29. The van der Waals surface area contributed by atoms with Crippen molar-refractivity contribution in [1.29, 1.82) is 0 Å². The van der Waals surface area contributed by atoms with Gasteiger partial charge in [-0.2, -0.15) is 0 Å². The second-order valence-corrected chi connectivity index (χ2v) is 5.85. The molecule has 5 heteroatoms. The number of benzene rings is 1. The molecule has 112 valence electrons. The zero-order valence-electron chi connectivity index (χ0n) is 12.4. The molecule has 1 saturated heterocycles. The summed E-state index contributed by atoms with van der Waals surface area (Å²) >= 11 is 0. The average molecular weight is 288 g/mol. The molecule has 1 amide bonds. The van der Waals surface area contributed by atoms with E-state index in [1.54, 1.807) is 12.1 Å². The third-order valence-electron chi connectivity index (χ3n) is 4.35. The monoisotopic (exact) mass is 288 g/mol. The molecule has 1 fully saturated rings. The Bertz CT molecular complexity index is 706. The van der Waals surface area contributed by atoms with E-state index in [2.05, 4.69) is 13.8 Å². The summed E-state index contributed by atoms with van der Waals surface area (Å²) in [6.45, 7) is 4.19. The lowest BCUT2D eigenvalue weighted by Crippen LogP contribution is -2.49. The maximum Gasteiger partial charge on any atom is 0.420 e. The fourth-order valence-electron chi connectivity index (χ4n) is 3.29. The van der Waals surface area contributed by atoms with Gasteiger partial charge in [0.25, 0.3) is 0 Å². The van der Waals surface area contributed by atoms with Gasteiger partial charge in [0.15, 0.2) is 5.58 Å². The van der Waals surface area contributed by atoms with Crippen LogP contribution < -0.4 is 5.76 Å². The van der Waals surface area contributed by atoms with Gasteiger partial charge in [0, 0.05) is 12.1 Å². The third-order valence-corrected chi connectivity index (χ3v) is 4.35. The van der Waals surface area contributed by atoms with Crippen LogP contribution in [0.5, 0.6) is 0 Å². The predicted octanol–water partition coefficient (Wildman–Crippen LogP) is 2.38. The predicted molar refractivity (Wildman–Crippen MR) is 80.1 cm³/mol. The second-order valence-electron chi connectivity index (χ2n) is 5.85. The van der Waals surface area contributed by atoms with Gasteiger partial charge in [-0.3, -0.25) is 9.36 Å². The first-order valence-electron chi connectivity index (χ1n) is 7.47. The Balaban J connectivity index is 1.89. The third kappa shape index (κ3) is 2.48. The summed E-state index contributed by atoms with van der Waals surface area (Å²) in [7, 11) is 0. The quantitative estimate of drug-likeness (QED) is 0.852. The summed E-state index contributed by atoms with van der Waals surface area (Å²) in [5.41, 5.74) is 1.20. The number of para-hydroxylation sites is 2. The van der Waals surface area contributed by atoms with E-state index in [4.69, 9.17) is 4.42 Å². The molecule has 2 atom stereocenters. The number of hydrogen-bond acceptors (Lipinski definition) is 3. The molecule has 0 saturated carbocycles. The molecule has 2 heterocycles. The molecule has 5 nitrogen and oxygen atoms in total. The van der Waals surface area contributed by atoms with E-state index in [0.29, 0.717) is 11.1 Å². The summed E-state index contributed by atoms with van der Waals surface area (Å²) in [5.74, 6) is -0.481. The number of likely N-dealkylation sites (tertiary alicyclic amines) is 1. The Hall–Kier alpha value is -2.04. The van der Waals surface area contributed by atoms with Gasteiger partial charge in [-0.15, -0.1) is 0 Å². The molecule has 21 heavy (non-hydrogen) atoms. The highest BCUT2D eigenvalue weighted by Crippen LogP contribution is 2.23. The van der Waals surface area contributed by atoms with Crippen molar-refractivity contribution in [3.8, 4) is 0 Å². The first-order valence-corrected chi connectivity index (χ1v) is 7.47. The van der Waals surface area contributed by atoms with Crippen LogP contribution >= 0.6 is 0 Å². The maximum atomic E-state index is 12.6. The Morgan fingerprint density at radius 1 is 1.24 bits per heavy atom. The number of rotatable bonds is 2. The van der Waals surface area contributed by atoms with Crippen LogP contribution in [0.4, 0.5) is 0 Å². The molecular weight excluding hydrogens is 268 g/mol. The molecule has 0 radical (unpaired) electrons. The van der Waals surface area contributed by atoms with E-state index >= 15 is 0 Å². The van der Waals surface area contributed by atoms with Crippen molar-refractivity contribution in [1.82, 2.24) is 9.47 Å². The van der Waals surface area contributed by atoms with Crippen molar-refractivity contribution >= 4 is 17.0 Å². The molecule has 2 aromatic rings.